The maximum absolute atomic E-state index is 5.43. The molecule has 0 bridgehead atoms. The minimum atomic E-state index is 0.278. The lowest BCUT2D eigenvalue weighted by Crippen LogP contribution is -1.83. The fraction of sp³-hybridized carbons (Fsp3) is 0.167. The molecule has 0 aliphatic carbocycles. The number of ether oxygens (including phenoxy) is 1. The summed E-state index contributed by atoms with van der Waals surface area (Å²) in [6.07, 6.45) is 1.41. The Labute approximate surface area is 59.5 Å². The molecule has 0 aliphatic rings. The first-order valence-corrected chi connectivity index (χ1v) is 2.68. The molecule has 9 heavy (non-hydrogen) atoms. The van der Waals surface area contributed by atoms with Crippen molar-refractivity contribution in [1.29, 1.82) is 0 Å². The van der Waals surface area contributed by atoms with Gasteiger partial charge in [0, 0.05) is 0 Å². The molecule has 0 unspecified atom stereocenters. The summed E-state index contributed by atoms with van der Waals surface area (Å²) < 4.78 is 4.61. The normalized spacial score (nSPS) is 10.7. The minimum Gasteiger partial charge on any atom is -0.481 e. The van der Waals surface area contributed by atoms with Crippen LogP contribution in [0.2, 0.25) is 0 Å². The summed E-state index contributed by atoms with van der Waals surface area (Å²) >= 11 is 5.43. The lowest BCUT2D eigenvalue weighted by molar-refractivity contribution is 0.291. The van der Waals surface area contributed by atoms with Crippen LogP contribution in [0.4, 0.5) is 0 Å². The van der Waals surface area contributed by atoms with Gasteiger partial charge in [-0.1, -0.05) is 18.2 Å². The molecule has 0 fully saturated rings. The van der Waals surface area contributed by atoms with E-state index in [0.29, 0.717) is 0 Å². The van der Waals surface area contributed by atoms with Gasteiger partial charge < -0.3 is 4.74 Å². The highest BCUT2D eigenvalue weighted by atomic mass is 35.5. The molecule has 0 rings (SSSR count). The number of halogens is 1. The second-order valence-electron chi connectivity index (χ2n) is 1.24. The fourth-order valence-corrected chi connectivity index (χ4v) is 0.305. The molecule has 0 N–H and O–H groups in total. The van der Waals surface area contributed by atoms with Crippen molar-refractivity contribution in [2.45, 2.75) is 0 Å². The predicted molar refractivity (Wildman–Crippen MR) is 39.6 cm³/mol. The molecule has 3 heteroatoms. The summed E-state index contributed by atoms with van der Waals surface area (Å²) in [5, 5.41) is 0.279. The van der Waals surface area contributed by atoms with E-state index >= 15 is 0 Å². The van der Waals surface area contributed by atoms with Crippen LogP contribution in [0, 0.1) is 0 Å². The maximum atomic E-state index is 5.43. The van der Waals surface area contributed by atoms with Gasteiger partial charge >= 0.3 is 0 Å². The zero-order valence-electron chi connectivity index (χ0n) is 5.22. The van der Waals surface area contributed by atoms with E-state index in [1.807, 2.05) is 0 Å². The number of hydrogen-bond donors (Lipinski definition) is 0. The molecule has 0 radical (unpaired) electrons. The number of methoxy groups -OCH3 is 1. The Hall–Kier alpha value is -0.760. The molecule has 50 valence electrons. The molecule has 0 aliphatic heterocycles. The highest BCUT2D eigenvalue weighted by Crippen LogP contribution is 1.96. The van der Waals surface area contributed by atoms with Crippen LogP contribution in [-0.2, 0) is 4.74 Å². The van der Waals surface area contributed by atoms with Crippen LogP contribution in [0.25, 0.3) is 0 Å². The highest BCUT2D eigenvalue weighted by molar-refractivity contribution is 6.68. The third-order valence-electron chi connectivity index (χ3n) is 0.636. The van der Waals surface area contributed by atoms with E-state index in [1.54, 1.807) is 0 Å². The van der Waals surface area contributed by atoms with E-state index in [2.05, 4.69) is 22.9 Å². The van der Waals surface area contributed by atoms with Crippen LogP contribution < -0.4 is 0 Å². The molecule has 0 amide bonds. The largest absolute Gasteiger partial charge is 0.481 e. The fourth-order valence-electron chi connectivity index (χ4n) is 0.210. The Morgan fingerprint density at radius 3 is 2.67 bits per heavy atom. The van der Waals surface area contributed by atoms with Crippen LogP contribution >= 0.6 is 11.6 Å². The zero-order valence-corrected chi connectivity index (χ0v) is 5.98. The minimum absolute atomic E-state index is 0.278. The third-order valence-corrected chi connectivity index (χ3v) is 0.874. The van der Waals surface area contributed by atoms with Crippen LogP contribution in [-0.4, -0.2) is 12.3 Å². The second kappa shape index (κ2) is 4.15. The average Bonchev–Trinajstić information content (AvgIpc) is 1.87. The number of aliphatic imine (C=N–C) groups is 1. The monoisotopic (exact) mass is 145 g/mol. The Morgan fingerprint density at radius 2 is 2.33 bits per heavy atom. The Balaban J connectivity index is 3.94. The number of rotatable bonds is 3. The van der Waals surface area contributed by atoms with Crippen molar-refractivity contribution in [3.05, 3.63) is 25.1 Å². The van der Waals surface area contributed by atoms with Crippen molar-refractivity contribution < 1.29 is 4.74 Å². The first-order valence-electron chi connectivity index (χ1n) is 2.30. The third kappa shape index (κ3) is 3.79. The van der Waals surface area contributed by atoms with Crippen molar-refractivity contribution in [1.82, 2.24) is 0 Å². The lowest BCUT2D eigenvalue weighted by Gasteiger charge is -1.94. The van der Waals surface area contributed by atoms with E-state index < -0.39 is 0 Å². The van der Waals surface area contributed by atoms with E-state index in [9.17, 15) is 0 Å². The summed E-state index contributed by atoms with van der Waals surface area (Å²) in [5.41, 5.74) is 0. The molecule has 0 atom stereocenters. The van der Waals surface area contributed by atoms with Gasteiger partial charge in [0.2, 0.25) is 5.88 Å². The lowest BCUT2D eigenvalue weighted by atomic mass is 10.7. The summed E-state index contributed by atoms with van der Waals surface area (Å²) in [7, 11) is 1.47. The van der Waals surface area contributed by atoms with E-state index in [4.69, 9.17) is 11.6 Å². The Morgan fingerprint density at radius 1 is 1.78 bits per heavy atom. The standard InChI is InChI=1S/C6H8ClNO/c1-4-6(7)8-5(2)9-3/h4H,1-2H2,3H3. The zero-order chi connectivity index (χ0) is 7.28. The maximum Gasteiger partial charge on any atom is 0.206 e. The molecular formula is C6H8ClNO. The SMILES string of the molecule is C=CC(Cl)=NC(=C)OC. The van der Waals surface area contributed by atoms with Gasteiger partial charge in [-0.25, -0.2) is 4.99 Å². The molecule has 0 heterocycles. The molecule has 0 aromatic carbocycles. The quantitative estimate of drug-likeness (QED) is 0.439. The smallest absolute Gasteiger partial charge is 0.206 e. The van der Waals surface area contributed by atoms with Crippen molar-refractivity contribution >= 4 is 16.8 Å². The highest BCUT2D eigenvalue weighted by Gasteiger charge is 1.86. The van der Waals surface area contributed by atoms with Crippen LogP contribution in [0.3, 0.4) is 0 Å². The topological polar surface area (TPSA) is 21.6 Å². The van der Waals surface area contributed by atoms with Crippen LogP contribution in [0.5, 0.6) is 0 Å². The number of nitrogens with zero attached hydrogens (tertiary/aromatic N) is 1. The van der Waals surface area contributed by atoms with Crippen molar-refractivity contribution in [2.75, 3.05) is 7.11 Å². The Bertz CT molecular complexity index is 151. The first-order chi connectivity index (χ1) is 4.20. The molecule has 0 saturated carbocycles. The van der Waals surface area contributed by atoms with E-state index in [0.717, 1.165) is 0 Å². The molecule has 2 nitrogen and oxygen atoms in total. The van der Waals surface area contributed by atoms with Crippen molar-refractivity contribution in [2.24, 2.45) is 4.99 Å². The second-order valence-corrected chi connectivity index (χ2v) is 1.62. The first kappa shape index (κ1) is 8.24. The van der Waals surface area contributed by atoms with Crippen LogP contribution in [0.15, 0.2) is 30.1 Å². The Kier molecular flexibility index (Phi) is 3.80. The van der Waals surface area contributed by atoms with Gasteiger partial charge in [0.15, 0.2) is 0 Å². The summed E-state index contributed by atoms with van der Waals surface area (Å²) in [6.45, 7) is 6.81. The van der Waals surface area contributed by atoms with Crippen molar-refractivity contribution in [3.63, 3.8) is 0 Å². The van der Waals surface area contributed by atoms with Crippen LogP contribution in [0.1, 0.15) is 0 Å². The summed E-state index contributed by atoms with van der Waals surface area (Å²) in [5.74, 6) is 0.278. The summed E-state index contributed by atoms with van der Waals surface area (Å²) in [4.78, 5) is 3.66. The van der Waals surface area contributed by atoms with E-state index in [1.165, 1.54) is 13.2 Å². The van der Waals surface area contributed by atoms with Gasteiger partial charge in [-0.2, -0.15) is 0 Å². The predicted octanol–water partition coefficient (Wildman–Crippen LogP) is 1.93. The molecule has 0 saturated heterocycles. The molecule has 0 aromatic heterocycles. The number of allylic oxidation sites excluding steroid dienone is 1. The average molecular weight is 146 g/mol. The van der Waals surface area contributed by atoms with Gasteiger partial charge in [0.1, 0.15) is 5.17 Å². The van der Waals surface area contributed by atoms with E-state index in [-0.39, 0.29) is 11.1 Å². The van der Waals surface area contributed by atoms with Crippen molar-refractivity contribution in [3.8, 4) is 0 Å². The molecule has 0 aromatic rings. The van der Waals surface area contributed by atoms with Gasteiger partial charge in [0.25, 0.3) is 0 Å². The molecular weight excluding hydrogens is 138 g/mol. The van der Waals surface area contributed by atoms with Gasteiger partial charge in [-0.05, 0) is 12.7 Å². The molecule has 0 spiro atoms. The van der Waals surface area contributed by atoms with Gasteiger partial charge in [-0.15, -0.1) is 0 Å². The summed E-state index contributed by atoms with van der Waals surface area (Å²) in [6, 6.07) is 0. The number of hydrogen-bond acceptors (Lipinski definition) is 2. The van der Waals surface area contributed by atoms with Gasteiger partial charge in [0.05, 0.1) is 7.11 Å². The van der Waals surface area contributed by atoms with Gasteiger partial charge in [-0.3, -0.25) is 0 Å².